The number of carbonyl (C=O) groups excluding carboxylic acids is 1. The summed E-state index contributed by atoms with van der Waals surface area (Å²) < 4.78 is 5.25. The fourth-order valence-electron chi connectivity index (χ4n) is 2.32. The zero-order valence-corrected chi connectivity index (χ0v) is 11.2. The number of hydrogen-bond donors (Lipinski definition) is 0. The Hall–Kier alpha value is -2.61. The van der Waals surface area contributed by atoms with E-state index in [1.54, 1.807) is 19.2 Å². The van der Waals surface area contributed by atoms with Crippen LogP contribution in [0.3, 0.4) is 0 Å². The van der Waals surface area contributed by atoms with Crippen molar-refractivity contribution in [3.05, 3.63) is 77.9 Å². The Morgan fingerprint density at radius 2 is 1.55 bits per heavy atom. The first kappa shape index (κ1) is 12.4. The second-order valence-electron chi connectivity index (χ2n) is 4.59. The van der Waals surface area contributed by atoms with Crippen molar-refractivity contribution in [2.75, 3.05) is 7.11 Å². The Morgan fingerprint density at radius 1 is 0.850 bits per heavy atom. The lowest BCUT2D eigenvalue weighted by Crippen LogP contribution is -2.03. The number of ketones is 1. The largest absolute Gasteiger partial charge is 0.496 e. The lowest BCUT2D eigenvalue weighted by molar-refractivity contribution is 0.103. The Morgan fingerprint density at radius 3 is 2.35 bits per heavy atom. The van der Waals surface area contributed by atoms with Gasteiger partial charge >= 0.3 is 0 Å². The molecule has 0 aliphatic carbocycles. The molecule has 0 aliphatic rings. The Balaban J connectivity index is 2.08. The summed E-state index contributed by atoms with van der Waals surface area (Å²) in [5.41, 5.74) is 1.26. The summed E-state index contributed by atoms with van der Waals surface area (Å²) >= 11 is 0. The summed E-state index contributed by atoms with van der Waals surface area (Å²) in [6, 6.07) is 21.0. The Labute approximate surface area is 117 Å². The molecule has 0 saturated heterocycles. The van der Waals surface area contributed by atoms with E-state index in [1.807, 2.05) is 54.6 Å². The Bertz CT molecular complexity index is 775. The molecule has 2 heteroatoms. The molecule has 0 heterocycles. The summed E-state index contributed by atoms with van der Waals surface area (Å²) in [7, 11) is 1.58. The smallest absolute Gasteiger partial charge is 0.196 e. The number of hydrogen-bond acceptors (Lipinski definition) is 2. The predicted molar refractivity (Wildman–Crippen MR) is 80.4 cm³/mol. The van der Waals surface area contributed by atoms with Gasteiger partial charge in [-0.3, -0.25) is 4.79 Å². The van der Waals surface area contributed by atoms with Crippen LogP contribution in [0, 0.1) is 0 Å². The van der Waals surface area contributed by atoms with Crippen LogP contribution >= 0.6 is 0 Å². The van der Waals surface area contributed by atoms with Crippen molar-refractivity contribution in [1.82, 2.24) is 0 Å². The van der Waals surface area contributed by atoms with E-state index in [0.29, 0.717) is 16.9 Å². The molecule has 0 radical (unpaired) electrons. The van der Waals surface area contributed by atoms with E-state index in [-0.39, 0.29) is 5.78 Å². The van der Waals surface area contributed by atoms with Gasteiger partial charge in [0.2, 0.25) is 0 Å². The minimum absolute atomic E-state index is 0.0202. The van der Waals surface area contributed by atoms with Crippen LogP contribution < -0.4 is 4.74 Å². The number of fused-ring (bicyclic) bond motifs is 1. The molecule has 20 heavy (non-hydrogen) atoms. The highest BCUT2D eigenvalue weighted by Crippen LogP contribution is 2.23. The molecular formula is C18H14O2. The summed E-state index contributed by atoms with van der Waals surface area (Å²) in [6.45, 7) is 0. The van der Waals surface area contributed by atoms with Crippen molar-refractivity contribution >= 4 is 16.6 Å². The molecule has 0 aliphatic heterocycles. The second kappa shape index (κ2) is 5.17. The minimum Gasteiger partial charge on any atom is -0.496 e. The SMILES string of the molecule is COc1ccccc1C(=O)c1ccc2ccccc2c1. The van der Waals surface area contributed by atoms with Crippen molar-refractivity contribution < 1.29 is 9.53 Å². The quantitative estimate of drug-likeness (QED) is 0.665. The number of para-hydroxylation sites is 1. The lowest BCUT2D eigenvalue weighted by Gasteiger charge is -2.08. The highest BCUT2D eigenvalue weighted by atomic mass is 16.5. The topological polar surface area (TPSA) is 26.3 Å². The Kier molecular flexibility index (Phi) is 3.21. The van der Waals surface area contributed by atoms with E-state index in [0.717, 1.165) is 10.8 Å². The van der Waals surface area contributed by atoms with Gasteiger partial charge in [0.15, 0.2) is 5.78 Å². The highest BCUT2D eigenvalue weighted by Gasteiger charge is 2.13. The van der Waals surface area contributed by atoms with Crippen LogP contribution in [0.25, 0.3) is 10.8 Å². The zero-order chi connectivity index (χ0) is 13.9. The second-order valence-corrected chi connectivity index (χ2v) is 4.59. The third-order valence-corrected chi connectivity index (χ3v) is 3.36. The molecule has 2 nitrogen and oxygen atoms in total. The molecule has 98 valence electrons. The van der Waals surface area contributed by atoms with E-state index >= 15 is 0 Å². The van der Waals surface area contributed by atoms with Gasteiger partial charge in [0, 0.05) is 5.56 Å². The third-order valence-electron chi connectivity index (χ3n) is 3.36. The molecule has 0 atom stereocenters. The first-order chi connectivity index (χ1) is 9.79. The minimum atomic E-state index is -0.0202. The third kappa shape index (κ3) is 2.16. The summed E-state index contributed by atoms with van der Waals surface area (Å²) in [5, 5.41) is 2.19. The highest BCUT2D eigenvalue weighted by molar-refractivity contribution is 6.12. The van der Waals surface area contributed by atoms with Crippen LogP contribution in [0.1, 0.15) is 15.9 Å². The van der Waals surface area contributed by atoms with Gasteiger partial charge in [0.1, 0.15) is 5.75 Å². The molecule has 0 N–H and O–H groups in total. The first-order valence-corrected chi connectivity index (χ1v) is 6.46. The maximum atomic E-state index is 12.6. The van der Waals surface area contributed by atoms with Crippen molar-refractivity contribution in [2.45, 2.75) is 0 Å². The van der Waals surface area contributed by atoms with Gasteiger partial charge in [0.05, 0.1) is 12.7 Å². The van der Waals surface area contributed by atoms with Gasteiger partial charge in [0.25, 0.3) is 0 Å². The summed E-state index contributed by atoms with van der Waals surface area (Å²) in [5.74, 6) is 0.582. The van der Waals surface area contributed by atoms with E-state index in [1.165, 1.54) is 0 Å². The van der Waals surface area contributed by atoms with Gasteiger partial charge in [-0.05, 0) is 29.0 Å². The zero-order valence-electron chi connectivity index (χ0n) is 11.2. The van der Waals surface area contributed by atoms with Crippen molar-refractivity contribution in [1.29, 1.82) is 0 Å². The van der Waals surface area contributed by atoms with Gasteiger partial charge in [-0.2, -0.15) is 0 Å². The molecule has 0 bridgehead atoms. The molecule has 0 unspecified atom stereocenters. The van der Waals surface area contributed by atoms with E-state index in [9.17, 15) is 4.79 Å². The molecule has 0 fully saturated rings. The van der Waals surface area contributed by atoms with E-state index in [2.05, 4.69) is 0 Å². The van der Waals surface area contributed by atoms with Crippen LogP contribution in [-0.4, -0.2) is 12.9 Å². The standard InChI is InChI=1S/C18H14O2/c1-20-17-9-5-4-8-16(17)18(19)15-11-10-13-6-2-3-7-14(13)12-15/h2-12H,1H3. The maximum Gasteiger partial charge on any atom is 0.196 e. The van der Waals surface area contributed by atoms with Crippen LogP contribution in [0.15, 0.2) is 66.7 Å². The number of carbonyl (C=O) groups is 1. The average Bonchev–Trinajstić information content (AvgIpc) is 2.53. The summed E-state index contributed by atoms with van der Waals surface area (Å²) in [4.78, 5) is 12.6. The van der Waals surface area contributed by atoms with Crippen molar-refractivity contribution in [3.8, 4) is 5.75 Å². The van der Waals surface area contributed by atoms with Crippen LogP contribution in [0.2, 0.25) is 0 Å². The summed E-state index contributed by atoms with van der Waals surface area (Å²) in [6.07, 6.45) is 0. The van der Waals surface area contributed by atoms with Crippen molar-refractivity contribution in [3.63, 3.8) is 0 Å². The van der Waals surface area contributed by atoms with Gasteiger partial charge in [-0.25, -0.2) is 0 Å². The van der Waals surface area contributed by atoms with Crippen LogP contribution in [-0.2, 0) is 0 Å². The molecule has 0 spiro atoms. The molecule has 0 aromatic heterocycles. The average molecular weight is 262 g/mol. The fraction of sp³-hybridized carbons (Fsp3) is 0.0556. The number of rotatable bonds is 3. The molecule has 3 rings (SSSR count). The van der Waals surface area contributed by atoms with E-state index < -0.39 is 0 Å². The van der Waals surface area contributed by atoms with Gasteiger partial charge < -0.3 is 4.74 Å². The number of methoxy groups -OCH3 is 1. The normalized spacial score (nSPS) is 10.4. The number of benzene rings is 3. The van der Waals surface area contributed by atoms with Crippen molar-refractivity contribution in [2.24, 2.45) is 0 Å². The molecule has 0 amide bonds. The van der Waals surface area contributed by atoms with Gasteiger partial charge in [-0.15, -0.1) is 0 Å². The molecule has 0 saturated carbocycles. The fourth-order valence-corrected chi connectivity index (χ4v) is 2.32. The lowest BCUT2D eigenvalue weighted by atomic mass is 9.99. The molecule has 3 aromatic rings. The van der Waals surface area contributed by atoms with E-state index in [4.69, 9.17) is 4.74 Å². The van der Waals surface area contributed by atoms with Crippen LogP contribution in [0.5, 0.6) is 5.75 Å². The molecular weight excluding hydrogens is 248 g/mol. The predicted octanol–water partition coefficient (Wildman–Crippen LogP) is 4.08. The molecule has 3 aromatic carbocycles. The first-order valence-electron chi connectivity index (χ1n) is 6.46. The van der Waals surface area contributed by atoms with Crippen LogP contribution in [0.4, 0.5) is 0 Å². The monoisotopic (exact) mass is 262 g/mol. The number of ether oxygens (including phenoxy) is 1. The maximum absolute atomic E-state index is 12.6. The van der Waals surface area contributed by atoms with Gasteiger partial charge in [-0.1, -0.05) is 48.5 Å².